The molecule has 1 heterocycles. The van der Waals surface area contributed by atoms with Crippen molar-refractivity contribution >= 4 is 0 Å². The van der Waals surface area contributed by atoms with Crippen LogP contribution in [0.15, 0.2) is 18.2 Å². The fourth-order valence-corrected chi connectivity index (χ4v) is 2.07. The maximum Gasteiger partial charge on any atom is 0.161 e. The highest BCUT2D eigenvalue weighted by atomic mass is 16.5. The van der Waals surface area contributed by atoms with Gasteiger partial charge in [-0.1, -0.05) is 13.0 Å². The predicted molar refractivity (Wildman–Crippen MR) is 77.2 cm³/mol. The molecule has 2 rings (SSSR count). The Kier molecular flexibility index (Phi) is 5.98. The van der Waals surface area contributed by atoms with Gasteiger partial charge in [-0.25, -0.2) is 0 Å². The van der Waals surface area contributed by atoms with Crippen LogP contribution < -0.4 is 20.1 Å². The summed E-state index contributed by atoms with van der Waals surface area (Å²) < 4.78 is 11.3. The van der Waals surface area contributed by atoms with Crippen LogP contribution in [0.4, 0.5) is 0 Å². The van der Waals surface area contributed by atoms with E-state index in [9.17, 15) is 0 Å². The van der Waals surface area contributed by atoms with Crippen LogP contribution in [-0.2, 0) is 6.42 Å². The van der Waals surface area contributed by atoms with Gasteiger partial charge in [0, 0.05) is 19.5 Å². The normalized spacial score (nSPS) is 14.2. The van der Waals surface area contributed by atoms with Gasteiger partial charge in [0.2, 0.25) is 0 Å². The minimum atomic E-state index is 0.747. The van der Waals surface area contributed by atoms with Crippen LogP contribution in [0.25, 0.3) is 0 Å². The molecule has 0 bridgehead atoms. The molecule has 0 saturated carbocycles. The molecular weight excluding hydrogens is 240 g/mol. The van der Waals surface area contributed by atoms with E-state index in [0.717, 1.165) is 63.7 Å². The molecule has 0 fully saturated rings. The SMILES string of the molecule is CCNCCNCCc1ccc2c(c1)OCCCO2. The second-order valence-corrected chi connectivity index (χ2v) is 4.69. The van der Waals surface area contributed by atoms with Gasteiger partial charge in [0.15, 0.2) is 11.5 Å². The van der Waals surface area contributed by atoms with Crippen LogP contribution in [0.1, 0.15) is 18.9 Å². The molecule has 2 N–H and O–H groups in total. The lowest BCUT2D eigenvalue weighted by atomic mass is 10.1. The molecule has 0 unspecified atom stereocenters. The molecule has 1 aliphatic heterocycles. The van der Waals surface area contributed by atoms with Gasteiger partial charge in [0.25, 0.3) is 0 Å². The van der Waals surface area contributed by atoms with Crippen LogP contribution in [0.3, 0.4) is 0 Å². The van der Waals surface area contributed by atoms with Crippen LogP contribution in [0.5, 0.6) is 11.5 Å². The molecule has 0 spiro atoms. The molecule has 4 nitrogen and oxygen atoms in total. The third kappa shape index (κ3) is 4.73. The Morgan fingerprint density at radius 1 is 1.00 bits per heavy atom. The molecule has 0 aromatic heterocycles. The molecule has 0 radical (unpaired) electrons. The number of hydrogen-bond donors (Lipinski definition) is 2. The average Bonchev–Trinajstić information content (AvgIpc) is 2.67. The number of nitrogens with one attached hydrogen (secondary N) is 2. The van der Waals surface area contributed by atoms with E-state index >= 15 is 0 Å². The highest BCUT2D eigenvalue weighted by Crippen LogP contribution is 2.30. The molecule has 1 aliphatic rings. The van der Waals surface area contributed by atoms with Crippen molar-refractivity contribution in [3.63, 3.8) is 0 Å². The largest absolute Gasteiger partial charge is 0.490 e. The van der Waals surface area contributed by atoms with Gasteiger partial charge in [0.1, 0.15) is 0 Å². The van der Waals surface area contributed by atoms with Gasteiger partial charge in [-0.15, -0.1) is 0 Å². The Labute approximate surface area is 115 Å². The van der Waals surface area contributed by atoms with E-state index in [1.54, 1.807) is 0 Å². The Balaban J connectivity index is 1.76. The summed E-state index contributed by atoms with van der Waals surface area (Å²) in [6.45, 7) is 7.68. The minimum absolute atomic E-state index is 0.747. The first-order valence-corrected chi connectivity index (χ1v) is 7.20. The highest BCUT2D eigenvalue weighted by Gasteiger charge is 2.10. The van der Waals surface area contributed by atoms with E-state index in [1.807, 2.05) is 6.07 Å². The fraction of sp³-hybridized carbons (Fsp3) is 0.600. The number of benzene rings is 1. The third-order valence-electron chi connectivity index (χ3n) is 3.13. The maximum atomic E-state index is 5.69. The van der Waals surface area contributed by atoms with Crippen molar-refractivity contribution in [3.8, 4) is 11.5 Å². The van der Waals surface area contributed by atoms with Gasteiger partial charge in [-0.05, 0) is 37.2 Å². The number of fused-ring (bicyclic) bond motifs is 1. The Morgan fingerprint density at radius 3 is 2.63 bits per heavy atom. The second kappa shape index (κ2) is 8.02. The zero-order valence-corrected chi connectivity index (χ0v) is 11.7. The number of ether oxygens (including phenoxy) is 2. The fourth-order valence-electron chi connectivity index (χ4n) is 2.07. The highest BCUT2D eigenvalue weighted by molar-refractivity contribution is 5.43. The smallest absolute Gasteiger partial charge is 0.161 e. The van der Waals surface area contributed by atoms with Crippen LogP contribution >= 0.6 is 0 Å². The molecule has 0 saturated heterocycles. The number of rotatable bonds is 7. The predicted octanol–water partition coefficient (Wildman–Crippen LogP) is 1.59. The standard InChI is InChI=1S/C15H24N2O2/c1-2-16-8-9-17-7-6-13-4-5-14-15(12-13)19-11-3-10-18-14/h4-5,12,16-17H,2-3,6-11H2,1H3. The summed E-state index contributed by atoms with van der Waals surface area (Å²) in [5.74, 6) is 1.77. The third-order valence-corrected chi connectivity index (χ3v) is 3.13. The van der Waals surface area contributed by atoms with Crippen LogP contribution in [-0.4, -0.2) is 39.4 Å². The summed E-state index contributed by atoms with van der Waals surface area (Å²) in [4.78, 5) is 0. The lowest BCUT2D eigenvalue weighted by Gasteiger charge is -2.10. The molecule has 1 aromatic carbocycles. The number of hydrogen-bond acceptors (Lipinski definition) is 4. The molecule has 1 aromatic rings. The van der Waals surface area contributed by atoms with E-state index in [0.29, 0.717) is 0 Å². The zero-order valence-electron chi connectivity index (χ0n) is 11.7. The molecular formula is C15H24N2O2. The van der Waals surface area contributed by atoms with Crippen molar-refractivity contribution in [1.29, 1.82) is 0 Å². The van der Waals surface area contributed by atoms with Gasteiger partial charge in [0.05, 0.1) is 13.2 Å². The van der Waals surface area contributed by atoms with E-state index < -0.39 is 0 Å². The molecule has 0 atom stereocenters. The summed E-state index contributed by atoms with van der Waals surface area (Å²) >= 11 is 0. The first-order valence-electron chi connectivity index (χ1n) is 7.20. The summed E-state index contributed by atoms with van der Waals surface area (Å²) in [5, 5.41) is 6.72. The number of likely N-dealkylation sites (N-methyl/N-ethyl adjacent to an activating group) is 1. The summed E-state index contributed by atoms with van der Waals surface area (Å²) in [5.41, 5.74) is 1.29. The molecule has 4 heteroatoms. The summed E-state index contributed by atoms with van der Waals surface area (Å²) in [6, 6.07) is 6.25. The van der Waals surface area contributed by atoms with Crippen molar-refractivity contribution in [2.75, 3.05) is 39.4 Å². The Morgan fingerprint density at radius 2 is 1.79 bits per heavy atom. The monoisotopic (exact) mass is 264 g/mol. The zero-order chi connectivity index (χ0) is 13.3. The molecule has 0 aliphatic carbocycles. The van der Waals surface area contributed by atoms with Crippen molar-refractivity contribution < 1.29 is 9.47 Å². The van der Waals surface area contributed by atoms with Gasteiger partial charge in [-0.2, -0.15) is 0 Å². The van der Waals surface area contributed by atoms with E-state index in [-0.39, 0.29) is 0 Å². The second-order valence-electron chi connectivity index (χ2n) is 4.69. The molecule has 106 valence electrons. The van der Waals surface area contributed by atoms with Crippen LogP contribution in [0, 0.1) is 0 Å². The molecule has 19 heavy (non-hydrogen) atoms. The Hall–Kier alpha value is -1.26. The van der Waals surface area contributed by atoms with Crippen molar-refractivity contribution in [1.82, 2.24) is 10.6 Å². The maximum absolute atomic E-state index is 5.69. The van der Waals surface area contributed by atoms with E-state index in [2.05, 4.69) is 29.7 Å². The van der Waals surface area contributed by atoms with Crippen molar-refractivity contribution in [3.05, 3.63) is 23.8 Å². The van der Waals surface area contributed by atoms with Gasteiger partial charge >= 0.3 is 0 Å². The van der Waals surface area contributed by atoms with Crippen LogP contribution in [0.2, 0.25) is 0 Å². The average molecular weight is 264 g/mol. The topological polar surface area (TPSA) is 42.5 Å². The Bertz CT molecular complexity index is 382. The summed E-state index contributed by atoms with van der Waals surface area (Å²) in [6.07, 6.45) is 1.97. The van der Waals surface area contributed by atoms with E-state index in [1.165, 1.54) is 5.56 Å². The first-order chi connectivity index (χ1) is 9.40. The van der Waals surface area contributed by atoms with Gasteiger partial charge < -0.3 is 20.1 Å². The van der Waals surface area contributed by atoms with Crippen molar-refractivity contribution in [2.45, 2.75) is 19.8 Å². The van der Waals surface area contributed by atoms with Crippen molar-refractivity contribution in [2.24, 2.45) is 0 Å². The lowest BCUT2D eigenvalue weighted by Crippen LogP contribution is -2.28. The molecule has 0 amide bonds. The van der Waals surface area contributed by atoms with Gasteiger partial charge in [-0.3, -0.25) is 0 Å². The quantitative estimate of drug-likeness (QED) is 0.734. The summed E-state index contributed by atoms with van der Waals surface area (Å²) in [7, 11) is 0. The minimum Gasteiger partial charge on any atom is -0.490 e. The van der Waals surface area contributed by atoms with E-state index in [4.69, 9.17) is 9.47 Å². The lowest BCUT2D eigenvalue weighted by molar-refractivity contribution is 0.297. The first kappa shape index (κ1) is 14.2.